The van der Waals surface area contributed by atoms with E-state index >= 15 is 0 Å². The number of carbonyl (C=O) groups is 1. The van der Waals surface area contributed by atoms with Crippen LogP contribution in [0.2, 0.25) is 0 Å². The fourth-order valence-corrected chi connectivity index (χ4v) is 4.19. The summed E-state index contributed by atoms with van der Waals surface area (Å²) in [6, 6.07) is 21.0. The SMILES string of the molecule is CNC(=O)N1N=C(c2ccc(-c3ccccc3C#N)cc2)c2cc(OC)c(OC)cc2CC1C. The van der Waals surface area contributed by atoms with Crippen molar-refractivity contribution in [1.82, 2.24) is 10.3 Å². The summed E-state index contributed by atoms with van der Waals surface area (Å²) in [4.78, 5) is 12.6. The van der Waals surface area contributed by atoms with Gasteiger partial charge in [-0.05, 0) is 48.2 Å². The third-order valence-corrected chi connectivity index (χ3v) is 5.94. The molecule has 0 fully saturated rings. The molecule has 1 atom stereocenters. The lowest BCUT2D eigenvalue weighted by Crippen LogP contribution is -2.41. The van der Waals surface area contributed by atoms with Gasteiger partial charge in [-0.1, -0.05) is 42.5 Å². The first-order chi connectivity index (χ1) is 16.5. The smallest absolute Gasteiger partial charge is 0.337 e. The molecule has 0 aromatic heterocycles. The highest BCUT2D eigenvalue weighted by Crippen LogP contribution is 2.35. The van der Waals surface area contributed by atoms with Crippen molar-refractivity contribution in [2.75, 3.05) is 21.3 Å². The number of rotatable bonds is 4. The van der Waals surface area contributed by atoms with E-state index in [1.807, 2.05) is 61.5 Å². The highest BCUT2D eigenvalue weighted by atomic mass is 16.5. The number of fused-ring (bicyclic) bond motifs is 1. The van der Waals surface area contributed by atoms with Crippen LogP contribution in [0.3, 0.4) is 0 Å². The minimum Gasteiger partial charge on any atom is -0.493 e. The summed E-state index contributed by atoms with van der Waals surface area (Å²) in [7, 11) is 4.79. The molecule has 0 aliphatic carbocycles. The molecule has 1 unspecified atom stereocenters. The zero-order valence-corrected chi connectivity index (χ0v) is 19.6. The molecule has 172 valence electrons. The molecule has 1 aliphatic rings. The fourth-order valence-electron chi connectivity index (χ4n) is 4.19. The van der Waals surface area contributed by atoms with Crippen LogP contribution < -0.4 is 14.8 Å². The van der Waals surface area contributed by atoms with Crippen LogP contribution in [-0.4, -0.2) is 44.1 Å². The number of carbonyl (C=O) groups excluding carboxylic acids is 1. The van der Waals surface area contributed by atoms with Crippen LogP contribution >= 0.6 is 0 Å². The first-order valence-corrected chi connectivity index (χ1v) is 11.0. The molecule has 0 spiro atoms. The summed E-state index contributed by atoms with van der Waals surface area (Å²) in [6.07, 6.45) is 0.601. The van der Waals surface area contributed by atoms with Gasteiger partial charge in [-0.15, -0.1) is 0 Å². The second-order valence-electron chi connectivity index (χ2n) is 8.00. The van der Waals surface area contributed by atoms with Crippen molar-refractivity contribution in [1.29, 1.82) is 5.26 Å². The zero-order valence-electron chi connectivity index (χ0n) is 19.6. The molecule has 2 amide bonds. The first kappa shape index (κ1) is 22.9. The molecule has 1 aliphatic heterocycles. The Kier molecular flexibility index (Phi) is 6.51. The van der Waals surface area contributed by atoms with Crippen LogP contribution in [0.5, 0.6) is 11.5 Å². The predicted molar refractivity (Wildman–Crippen MR) is 131 cm³/mol. The lowest BCUT2D eigenvalue weighted by atomic mass is 9.92. The van der Waals surface area contributed by atoms with Crippen LogP contribution in [0, 0.1) is 11.3 Å². The van der Waals surface area contributed by atoms with Gasteiger partial charge in [0.1, 0.15) is 0 Å². The molecule has 1 heterocycles. The first-order valence-electron chi connectivity index (χ1n) is 11.0. The Bertz CT molecular complexity index is 1290. The average Bonchev–Trinajstić information content (AvgIpc) is 3.02. The number of nitriles is 1. The topological polar surface area (TPSA) is 87.0 Å². The Labute approximate surface area is 199 Å². The van der Waals surface area contributed by atoms with E-state index in [0.29, 0.717) is 29.2 Å². The van der Waals surface area contributed by atoms with Gasteiger partial charge in [-0.2, -0.15) is 10.4 Å². The van der Waals surface area contributed by atoms with Gasteiger partial charge in [0.15, 0.2) is 11.5 Å². The minimum atomic E-state index is -0.281. The van der Waals surface area contributed by atoms with Crippen LogP contribution in [0.15, 0.2) is 65.8 Å². The maximum Gasteiger partial charge on any atom is 0.337 e. The third kappa shape index (κ3) is 4.18. The molecular weight excluding hydrogens is 428 g/mol. The number of nitrogens with zero attached hydrogens (tertiary/aromatic N) is 3. The molecule has 1 N–H and O–H groups in total. The van der Waals surface area contributed by atoms with Crippen molar-refractivity contribution in [3.8, 4) is 28.7 Å². The number of amides is 2. The molecule has 7 heteroatoms. The van der Waals surface area contributed by atoms with Crippen molar-refractivity contribution in [3.63, 3.8) is 0 Å². The summed E-state index contributed by atoms with van der Waals surface area (Å²) in [5, 5.41) is 18.4. The number of hydrazone groups is 1. The van der Waals surface area contributed by atoms with Crippen LogP contribution in [0.25, 0.3) is 11.1 Å². The van der Waals surface area contributed by atoms with E-state index < -0.39 is 0 Å². The van der Waals surface area contributed by atoms with E-state index in [1.54, 1.807) is 27.3 Å². The molecule has 34 heavy (non-hydrogen) atoms. The van der Waals surface area contributed by atoms with Crippen molar-refractivity contribution >= 4 is 11.7 Å². The van der Waals surface area contributed by atoms with E-state index in [9.17, 15) is 10.1 Å². The van der Waals surface area contributed by atoms with Gasteiger partial charge in [0.25, 0.3) is 0 Å². The van der Waals surface area contributed by atoms with Crippen LogP contribution in [-0.2, 0) is 6.42 Å². The Morgan fingerprint density at radius 2 is 1.68 bits per heavy atom. The summed E-state index contributed by atoms with van der Waals surface area (Å²) < 4.78 is 11.1. The Morgan fingerprint density at radius 1 is 1.03 bits per heavy atom. The summed E-state index contributed by atoms with van der Waals surface area (Å²) in [5.74, 6) is 1.22. The second-order valence-corrected chi connectivity index (χ2v) is 8.00. The molecule has 0 bridgehead atoms. The molecular formula is C27H26N4O3. The highest BCUT2D eigenvalue weighted by Gasteiger charge is 2.28. The van der Waals surface area contributed by atoms with Crippen molar-refractivity contribution in [2.24, 2.45) is 5.10 Å². The van der Waals surface area contributed by atoms with E-state index in [4.69, 9.17) is 14.6 Å². The monoisotopic (exact) mass is 454 g/mol. The molecule has 4 rings (SSSR count). The van der Waals surface area contributed by atoms with Gasteiger partial charge >= 0.3 is 6.03 Å². The van der Waals surface area contributed by atoms with E-state index in [2.05, 4.69) is 11.4 Å². The lowest BCUT2D eigenvalue weighted by molar-refractivity contribution is 0.184. The van der Waals surface area contributed by atoms with Crippen LogP contribution in [0.4, 0.5) is 4.79 Å². The van der Waals surface area contributed by atoms with E-state index in [-0.39, 0.29) is 12.1 Å². The maximum absolute atomic E-state index is 12.6. The largest absolute Gasteiger partial charge is 0.493 e. The Hall–Kier alpha value is -4.31. The number of hydrogen-bond donors (Lipinski definition) is 1. The van der Waals surface area contributed by atoms with Gasteiger partial charge in [0.05, 0.1) is 37.6 Å². The second kappa shape index (κ2) is 9.67. The number of ether oxygens (including phenoxy) is 2. The van der Waals surface area contributed by atoms with E-state index in [1.165, 1.54) is 5.01 Å². The lowest BCUT2D eigenvalue weighted by Gasteiger charge is -2.22. The third-order valence-electron chi connectivity index (χ3n) is 5.94. The number of methoxy groups -OCH3 is 2. The number of hydrogen-bond acceptors (Lipinski definition) is 5. The van der Waals surface area contributed by atoms with Crippen LogP contribution in [0.1, 0.15) is 29.2 Å². The molecule has 7 nitrogen and oxygen atoms in total. The number of nitrogens with one attached hydrogen (secondary N) is 1. The predicted octanol–water partition coefficient (Wildman–Crippen LogP) is 4.58. The van der Waals surface area contributed by atoms with Gasteiger partial charge in [0, 0.05) is 18.2 Å². The van der Waals surface area contributed by atoms with Crippen molar-refractivity contribution in [2.45, 2.75) is 19.4 Å². The summed E-state index contributed by atoms with van der Waals surface area (Å²) in [5.41, 5.74) is 5.80. The van der Waals surface area contributed by atoms with E-state index in [0.717, 1.165) is 27.8 Å². The summed E-state index contributed by atoms with van der Waals surface area (Å²) >= 11 is 0. The van der Waals surface area contributed by atoms with Gasteiger partial charge < -0.3 is 14.8 Å². The Balaban J connectivity index is 1.87. The fraction of sp³-hybridized carbons (Fsp3) is 0.222. The maximum atomic E-state index is 12.6. The van der Waals surface area contributed by atoms with Crippen molar-refractivity contribution in [3.05, 3.63) is 82.9 Å². The quantitative estimate of drug-likeness (QED) is 0.625. The van der Waals surface area contributed by atoms with Gasteiger partial charge in [0.2, 0.25) is 0 Å². The average molecular weight is 455 g/mol. The van der Waals surface area contributed by atoms with Gasteiger partial charge in [-0.25, -0.2) is 9.80 Å². The molecule has 0 radical (unpaired) electrons. The Morgan fingerprint density at radius 3 is 2.32 bits per heavy atom. The highest BCUT2D eigenvalue weighted by molar-refractivity contribution is 6.14. The molecule has 3 aromatic carbocycles. The molecule has 3 aromatic rings. The standard InChI is InChI=1S/C27H26N4O3/c1-17-13-21-14-24(33-3)25(34-4)15-23(21)26(30-31(17)27(32)29-2)19-11-9-18(10-12-19)22-8-6-5-7-20(22)16-28/h5-12,14-15,17H,13H2,1-4H3,(H,29,32). The molecule has 0 saturated carbocycles. The minimum absolute atomic E-state index is 0.170. The number of benzene rings is 3. The molecule has 0 saturated heterocycles. The zero-order chi connectivity index (χ0) is 24.2. The number of urea groups is 1. The van der Waals surface area contributed by atoms with Gasteiger partial charge in [-0.3, -0.25) is 0 Å². The normalized spacial score (nSPS) is 14.9. The van der Waals surface area contributed by atoms with Crippen molar-refractivity contribution < 1.29 is 14.3 Å². The summed E-state index contributed by atoms with van der Waals surface area (Å²) in [6.45, 7) is 1.96.